The van der Waals surface area contributed by atoms with Crippen molar-refractivity contribution < 1.29 is 9.15 Å². The number of methoxy groups -OCH3 is 1. The van der Waals surface area contributed by atoms with Crippen molar-refractivity contribution in [2.75, 3.05) is 26.8 Å². The van der Waals surface area contributed by atoms with E-state index in [1.807, 2.05) is 12.1 Å². The van der Waals surface area contributed by atoms with Crippen molar-refractivity contribution in [3.8, 4) is 0 Å². The summed E-state index contributed by atoms with van der Waals surface area (Å²) in [6.07, 6.45) is 1.65. The molecule has 4 nitrogen and oxygen atoms in total. The zero-order chi connectivity index (χ0) is 9.52. The molecular weight excluding hydrogens is 168 g/mol. The molecular formula is C9H16N2O2. The Morgan fingerprint density at radius 2 is 2.54 bits per heavy atom. The van der Waals surface area contributed by atoms with Crippen LogP contribution in [0.5, 0.6) is 0 Å². The molecule has 0 saturated carbocycles. The fourth-order valence-corrected chi connectivity index (χ4v) is 1.12. The Balaban J connectivity index is 2.35. The lowest BCUT2D eigenvalue weighted by atomic mass is 10.2. The van der Waals surface area contributed by atoms with Crippen LogP contribution >= 0.6 is 0 Å². The van der Waals surface area contributed by atoms with Gasteiger partial charge in [-0.15, -0.1) is 0 Å². The molecule has 1 aromatic heterocycles. The van der Waals surface area contributed by atoms with Gasteiger partial charge in [0, 0.05) is 20.2 Å². The van der Waals surface area contributed by atoms with Crippen LogP contribution < -0.4 is 11.1 Å². The van der Waals surface area contributed by atoms with Crippen molar-refractivity contribution in [3.63, 3.8) is 0 Å². The molecule has 0 fully saturated rings. The monoisotopic (exact) mass is 184 g/mol. The van der Waals surface area contributed by atoms with E-state index in [4.69, 9.17) is 14.9 Å². The van der Waals surface area contributed by atoms with E-state index in [2.05, 4.69) is 5.32 Å². The number of nitrogens with one attached hydrogen (secondary N) is 1. The molecule has 0 aromatic carbocycles. The van der Waals surface area contributed by atoms with E-state index in [9.17, 15) is 0 Å². The van der Waals surface area contributed by atoms with Gasteiger partial charge in [0.25, 0.3) is 0 Å². The third kappa shape index (κ3) is 3.18. The first-order chi connectivity index (χ1) is 6.38. The van der Waals surface area contributed by atoms with Gasteiger partial charge < -0.3 is 20.2 Å². The third-order valence-electron chi connectivity index (χ3n) is 1.82. The van der Waals surface area contributed by atoms with Crippen LogP contribution in [0.3, 0.4) is 0 Å². The molecule has 74 valence electrons. The van der Waals surface area contributed by atoms with Crippen LogP contribution in [0.2, 0.25) is 0 Å². The van der Waals surface area contributed by atoms with Gasteiger partial charge in [-0.3, -0.25) is 0 Å². The third-order valence-corrected chi connectivity index (χ3v) is 1.82. The van der Waals surface area contributed by atoms with E-state index < -0.39 is 0 Å². The Hall–Kier alpha value is -0.840. The smallest absolute Gasteiger partial charge is 0.121 e. The van der Waals surface area contributed by atoms with Gasteiger partial charge in [-0.1, -0.05) is 0 Å². The highest BCUT2D eigenvalue weighted by Crippen LogP contribution is 2.10. The fraction of sp³-hybridized carbons (Fsp3) is 0.556. The van der Waals surface area contributed by atoms with Gasteiger partial charge in [-0.2, -0.15) is 0 Å². The van der Waals surface area contributed by atoms with Crippen molar-refractivity contribution in [2.45, 2.75) is 6.04 Å². The van der Waals surface area contributed by atoms with E-state index in [0.29, 0.717) is 13.2 Å². The van der Waals surface area contributed by atoms with Crippen LogP contribution in [0.25, 0.3) is 0 Å². The highest BCUT2D eigenvalue weighted by molar-refractivity contribution is 5.04. The summed E-state index contributed by atoms with van der Waals surface area (Å²) < 4.78 is 10.2. The quantitative estimate of drug-likeness (QED) is 0.633. The standard InChI is InChI=1S/C9H16N2O2/c1-12-6-4-11-8(7-10)9-3-2-5-13-9/h2-3,5,8,11H,4,6-7,10H2,1H3. The topological polar surface area (TPSA) is 60.4 Å². The first-order valence-corrected chi connectivity index (χ1v) is 4.34. The molecule has 1 unspecified atom stereocenters. The lowest BCUT2D eigenvalue weighted by Crippen LogP contribution is -2.30. The molecule has 1 atom stereocenters. The Morgan fingerprint density at radius 3 is 3.08 bits per heavy atom. The maximum absolute atomic E-state index is 5.58. The van der Waals surface area contributed by atoms with E-state index >= 15 is 0 Å². The highest BCUT2D eigenvalue weighted by atomic mass is 16.5. The van der Waals surface area contributed by atoms with Crippen molar-refractivity contribution >= 4 is 0 Å². The summed E-state index contributed by atoms with van der Waals surface area (Å²) in [6.45, 7) is 1.98. The van der Waals surface area contributed by atoms with Gasteiger partial charge in [0.2, 0.25) is 0 Å². The number of nitrogens with two attached hydrogens (primary N) is 1. The van der Waals surface area contributed by atoms with Gasteiger partial charge in [-0.05, 0) is 12.1 Å². The molecule has 1 heterocycles. The summed E-state index contributed by atoms with van der Waals surface area (Å²) in [5.41, 5.74) is 5.58. The summed E-state index contributed by atoms with van der Waals surface area (Å²) in [5, 5.41) is 3.23. The number of rotatable bonds is 6. The second-order valence-corrected chi connectivity index (χ2v) is 2.75. The molecule has 0 aliphatic carbocycles. The van der Waals surface area contributed by atoms with Crippen molar-refractivity contribution in [3.05, 3.63) is 24.2 Å². The summed E-state index contributed by atoms with van der Waals surface area (Å²) in [6, 6.07) is 3.86. The minimum Gasteiger partial charge on any atom is -0.468 e. The van der Waals surface area contributed by atoms with Gasteiger partial charge in [0.15, 0.2) is 0 Å². The van der Waals surface area contributed by atoms with Gasteiger partial charge in [-0.25, -0.2) is 0 Å². The minimum absolute atomic E-state index is 0.0881. The fourth-order valence-electron chi connectivity index (χ4n) is 1.12. The van der Waals surface area contributed by atoms with Crippen molar-refractivity contribution in [1.82, 2.24) is 5.32 Å². The molecule has 0 saturated heterocycles. The van der Waals surface area contributed by atoms with Gasteiger partial charge in [0.05, 0.1) is 18.9 Å². The average Bonchev–Trinajstić information content (AvgIpc) is 2.65. The Labute approximate surface area is 78.1 Å². The van der Waals surface area contributed by atoms with Crippen molar-refractivity contribution in [2.24, 2.45) is 5.73 Å². The van der Waals surface area contributed by atoms with E-state index in [0.717, 1.165) is 12.3 Å². The SMILES string of the molecule is COCCNC(CN)c1ccco1. The summed E-state index contributed by atoms with van der Waals surface area (Å²) in [5.74, 6) is 0.874. The molecule has 0 aliphatic heterocycles. The summed E-state index contributed by atoms with van der Waals surface area (Å²) in [4.78, 5) is 0. The first-order valence-electron chi connectivity index (χ1n) is 4.34. The molecule has 13 heavy (non-hydrogen) atoms. The maximum atomic E-state index is 5.58. The van der Waals surface area contributed by atoms with Crippen LogP contribution in [0, 0.1) is 0 Å². The van der Waals surface area contributed by atoms with Crippen LogP contribution in [0.15, 0.2) is 22.8 Å². The van der Waals surface area contributed by atoms with Gasteiger partial charge >= 0.3 is 0 Å². The second kappa shape index (κ2) is 5.75. The normalized spacial score (nSPS) is 13.1. The Bertz CT molecular complexity index is 211. The molecule has 0 spiro atoms. The molecule has 0 aliphatic rings. The molecule has 1 aromatic rings. The van der Waals surface area contributed by atoms with Crippen LogP contribution in [0.4, 0.5) is 0 Å². The van der Waals surface area contributed by atoms with Crippen LogP contribution in [0.1, 0.15) is 11.8 Å². The van der Waals surface area contributed by atoms with Gasteiger partial charge in [0.1, 0.15) is 5.76 Å². The molecule has 0 amide bonds. The lowest BCUT2D eigenvalue weighted by molar-refractivity contribution is 0.194. The maximum Gasteiger partial charge on any atom is 0.121 e. The largest absolute Gasteiger partial charge is 0.468 e. The molecule has 3 N–H and O–H groups in total. The number of hydrogen-bond donors (Lipinski definition) is 2. The molecule has 0 radical (unpaired) electrons. The molecule has 4 heteroatoms. The second-order valence-electron chi connectivity index (χ2n) is 2.75. The van der Waals surface area contributed by atoms with E-state index in [1.165, 1.54) is 0 Å². The first kappa shape index (κ1) is 10.2. The number of ether oxygens (including phenoxy) is 1. The Morgan fingerprint density at radius 1 is 1.69 bits per heavy atom. The van der Waals surface area contributed by atoms with E-state index in [1.54, 1.807) is 13.4 Å². The number of hydrogen-bond acceptors (Lipinski definition) is 4. The predicted octanol–water partition coefficient (Wildman–Crippen LogP) is 0.515. The zero-order valence-corrected chi connectivity index (χ0v) is 7.82. The predicted molar refractivity (Wildman–Crippen MR) is 50.4 cm³/mol. The van der Waals surface area contributed by atoms with Crippen LogP contribution in [-0.4, -0.2) is 26.8 Å². The van der Waals surface area contributed by atoms with E-state index in [-0.39, 0.29) is 6.04 Å². The summed E-state index contributed by atoms with van der Waals surface area (Å²) in [7, 11) is 1.67. The van der Waals surface area contributed by atoms with Crippen molar-refractivity contribution in [1.29, 1.82) is 0 Å². The molecule has 1 rings (SSSR count). The van der Waals surface area contributed by atoms with Crippen LogP contribution in [-0.2, 0) is 4.74 Å². The molecule has 0 bridgehead atoms. The Kier molecular flexibility index (Phi) is 4.53. The summed E-state index contributed by atoms with van der Waals surface area (Å²) >= 11 is 0. The highest BCUT2D eigenvalue weighted by Gasteiger charge is 2.10. The average molecular weight is 184 g/mol. The number of furan rings is 1. The minimum atomic E-state index is 0.0881. The lowest BCUT2D eigenvalue weighted by Gasteiger charge is -2.13. The zero-order valence-electron chi connectivity index (χ0n) is 7.82.